The summed E-state index contributed by atoms with van der Waals surface area (Å²) in [5.74, 6) is 0.992. The van der Waals surface area contributed by atoms with Crippen molar-refractivity contribution in [3.63, 3.8) is 0 Å². The fraction of sp³-hybridized carbons (Fsp3) is 0.364. The lowest BCUT2D eigenvalue weighted by atomic mass is 9.94. The maximum Gasteiger partial charge on any atom is 0.167 e. The molecule has 4 aromatic rings. The van der Waals surface area contributed by atoms with E-state index in [1.807, 2.05) is 12.1 Å². The molecule has 1 atom stereocenters. The van der Waals surface area contributed by atoms with E-state index in [2.05, 4.69) is 48.3 Å². The minimum Gasteiger partial charge on any atom is -0.494 e. The molecule has 2 N–H and O–H groups in total. The van der Waals surface area contributed by atoms with Gasteiger partial charge in [-0.2, -0.15) is 0 Å². The van der Waals surface area contributed by atoms with Crippen LogP contribution in [0, 0.1) is 5.92 Å². The van der Waals surface area contributed by atoms with Crippen molar-refractivity contribution in [3.8, 4) is 28.1 Å². The zero-order valence-corrected chi connectivity index (χ0v) is 22.9. The summed E-state index contributed by atoms with van der Waals surface area (Å²) in [5, 5.41) is 18.9. The Labute approximate surface area is 230 Å². The van der Waals surface area contributed by atoms with Gasteiger partial charge >= 0.3 is 0 Å². The molecule has 0 spiro atoms. The van der Waals surface area contributed by atoms with Crippen molar-refractivity contribution in [1.82, 2.24) is 9.97 Å². The fourth-order valence-electron chi connectivity index (χ4n) is 4.97. The molecule has 0 radical (unpaired) electrons. The SMILES string of the molecule is COc1c(-c2ccc(-c3ccc(CCC(C)CCCCO)cc3)cc2)nc2ccncc2c1C(=O)CCCO. The van der Waals surface area contributed by atoms with E-state index < -0.39 is 0 Å². The van der Waals surface area contributed by atoms with Crippen LogP contribution in [-0.4, -0.2) is 46.3 Å². The number of ketones is 1. The molecule has 0 aliphatic carbocycles. The van der Waals surface area contributed by atoms with Crippen LogP contribution in [0.15, 0.2) is 67.0 Å². The number of fused-ring (bicyclic) bond motifs is 1. The molecule has 0 aliphatic rings. The molecule has 0 fully saturated rings. The Morgan fingerprint density at radius 2 is 1.54 bits per heavy atom. The Hall–Kier alpha value is -3.61. The van der Waals surface area contributed by atoms with E-state index >= 15 is 0 Å². The highest BCUT2D eigenvalue weighted by atomic mass is 16.5. The summed E-state index contributed by atoms with van der Waals surface area (Å²) in [7, 11) is 1.55. The average Bonchev–Trinajstić information content (AvgIpc) is 2.98. The summed E-state index contributed by atoms with van der Waals surface area (Å²) in [6, 6.07) is 18.7. The van der Waals surface area contributed by atoms with E-state index in [0.29, 0.717) is 40.2 Å². The van der Waals surface area contributed by atoms with Gasteiger partial charge in [0.15, 0.2) is 11.5 Å². The largest absolute Gasteiger partial charge is 0.494 e. The highest BCUT2D eigenvalue weighted by Gasteiger charge is 2.22. The molecular formula is C33H38N2O4. The summed E-state index contributed by atoms with van der Waals surface area (Å²) < 4.78 is 5.75. The number of aliphatic hydroxyl groups excluding tert-OH is 2. The minimum atomic E-state index is -0.0983. The van der Waals surface area contributed by atoms with Gasteiger partial charge in [-0.05, 0) is 54.4 Å². The molecule has 0 bridgehead atoms. The first-order chi connectivity index (χ1) is 19.0. The van der Waals surface area contributed by atoms with E-state index in [-0.39, 0.29) is 25.4 Å². The highest BCUT2D eigenvalue weighted by Crippen LogP contribution is 2.37. The molecule has 0 saturated carbocycles. The molecule has 0 aliphatic heterocycles. The van der Waals surface area contributed by atoms with Crippen molar-refractivity contribution >= 4 is 16.7 Å². The average molecular weight is 527 g/mol. The zero-order valence-electron chi connectivity index (χ0n) is 22.9. The van der Waals surface area contributed by atoms with Crippen molar-refractivity contribution in [2.24, 2.45) is 5.92 Å². The number of aliphatic hydroxyl groups is 2. The van der Waals surface area contributed by atoms with Crippen LogP contribution >= 0.6 is 0 Å². The first-order valence-electron chi connectivity index (χ1n) is 13.8. The molecule has 2 heterocycles. The lowest BCUT2D eigenvalue weighted by Gasteiger charge is -2.15. The van der Waals surface area contributed by atoms with Crippen LogP contribution in [0.4, 0.5) is 0 Å². The molecule has 2 aromatic carbocycles. The van der Waals surface area contributed by atoms with Gasteiger partial charge < -0.3 is 14.9 Å². The Morgan fingerprint density at radius 1 is 0.872 bits per heavy atom. The van der Waals surface area contributed by atoms with Crippen LogP contribution < -0.4 is 4.74 Å². The van der Waals surface area contributed by atoms with Crippen LogP contribution in [-0.2, 0) is 6.42 Å². The normalized spacial score (nSPS) is 12.0. The number of rotatable bonds is 14. The summed E-state index contributed by atoms with van der Waals surface area (Å²) in [5.41, 5.74) is 6.19. The first-order valence-corrected chi connectivity index (χ1v) is 13.8. The van der Waals surface area contributed by atoms with Crippen LogP contribution in [0.1, 0.15) is 61.4 Å². The van der Waals surface area contributed by atoms with Gasteiger partial charge in [0, 0.05) is 43.0 Å². The smallest absolute Gasteiger partial charge is 0.167 e. The van der Waals surface area contributed by atoms with E-state index in [1.54, 1.807) is 25.6 Å². The van der Waals surface area contributed by atoms with Gasteiger partial charge in [-0.15, -0.1) is 0 Å². The molecule has 39 heavy (non-hydrogen) atoms. The minimum absolute atomic E-state index is 0.0465. The van der Waals surface area contributed by atoms with Crippen molar-refractivity contribution in [2.75, 3.05) is 20.3 Å². The summed E-state index contributed by atoms with van der Waals surface area (Å²) >= 11 is 0. The quantitative estimate of drug-likeness (QED) is 0.141. The molecule has 4 rings (SSSR count). The molecule has 0 saturated heterocycles. The number of aromatic nitrogens is 2. The number of benzene rings is 2. The first kappa shape index (κ1) is 28.4. The fourth-order valence-corrected chi connectivity index (χ4v) is 4.97. The van der Waals surface area contributed by atoms with Crippen LogP contribution in [0.25, 0.3) is 33.3 Å². The van der Waals surface area contributed by atoms with Crippen LogP contribution in [0.5, 0.6) is 5.75 Å². The molecule has 6 heteroatoms. The lowest BCUT2D eigenvalue weighted by Crippen LogP contribution is -2.07. The second kappa shape index (κ2) is 14.0. The number of pyridine rings is 2. The third kappa shape index (κ3) is 7.08. The predicted octanol–water partition coefficient (Wildman–Crippen LogP) is 6.66. The number of carbonyl (C=O) groups is 1. The van der Waals surface area contributed by atoms with Gasteiger partial charge in [-0.25, -0.2) is 4.98 Å². The van der Waals surface area contributed by atoms with E-state index in [4.69, 9.17) is 14.8 Å². The van der Waals surface area contributed by atoms with Gasteiger partial charge in [-0.3, -0.25) is 9.78 Å². The number of carbonyl (C=O) groups excluding carboxylic acids is 1. The number of hydrogen-bond donors (Lipinski definition) is 2. The number of nitrogens with zero attached hydrogens (tertiary/aromatic N) is 2. The third-order valence-corrected chi connectivity index (χ3v) is 7.26. The van der Waals surface area contributed by atoms with Gasteiger partial charge in [-0.1, -0.05) is 68.3 Å². The number of aryl methyl sites for hydroxylation is 1. The number of ether oxygens (including phenoxy) is 1. The third-order valence-electron chi connectivity index (χ3n) is 7.26. The summed E-state index contributed by atoms with van der Waals surface area (Å²) in [6.45, 7) is 2.53. The zero-order chi connectivity index (χ0) is 27.6. The Morgan fingerprint density at radius 3 is 2.21 bits per heavy atom. The Balaban J connectivity index is 1.55. The highest BCUT2D eigenvalue weighted by molar-refractivity contribution is 6.11. The number of hydrogen-bond acceptors (Lipinski definition) is 6. The molecular weight excluding hydrogens is 488 g/mol. The van der Waals surface area contributed by atoms with Crippen molar-refractivity contribution < 1.29 is 19.7 Å². The van der Waals surface area contributed by atoms with E-state index in [0.717, 1.165) is 48.8 Å². The predicted molar refractivity (Wildman–Crippen MR) is 156 cm³/mol. The van der Waals surface area contributed by atoms with Gasteiger partial charge in [0.1, 0.15) is 5.69 Å². The van der Waals surface area contributed by atoms with E-state index in [9.17, 15) is 9.90 Å². The van der Waals surface area contributed by atoms with Crippen molar-refractivity contribution in [1.29, 1.82) is 0 Å². The van der Waals surface area contributed by atoms with Crippen LogP contribution in [0.3, 0.4) is 0 Å². The molecule has 0 amide bonds. The second-order valence-electron chi connectivity index (χ2n) is 10.1. The van der Waals surface area contributed by atoms with Gasteiger partial charge in [0.05, 0.1) is 18.2 Å². The lowest BCUT2D eigenvalue weighted by molar-refractivity contribution is 0.0970. The molecule has 1 unspecified atom stereocenters. The maximum absolute atomic E-state index is 13.1. The molecule has 2 aromatic heterocycles. The monoisotopic (exact) mass is 526 g/mol. The van der Waals surface area contributed by atoms with Gasteiger partial charge in [0.2, 0.25) is 0 Å². The van der Waals surface area contributed by atoms with E-state index in [1.165, 1.54) is 5.56 Å². The second-order valence-corrected chi connectivity index (χ2v) is 10.1. The Bertz CT molecular complexity index is 1370. The molecule has 204 valence electrons. The summed E-state index contributed by atoms with van der Waals surface area (Å²) in [6.07, 6.45) is 9.27. The summed E-state index contributed by atoms with van der Waals surface area (Å²) in [4.78, 5) is 22.2. The molecule has 6 nitrogen and oxygen atoms in total. The van der Waals surface area contributed by atoms with Crippen LogP contribution in [0.2, 0.25) is 0 Å². The van der Waals surface area contributed by atoms with Gasteiger partial charge in [0.25, 0.3) is 0 Å². The maximum atomic E-state index is 13.1. The van der Waals surface area contributed by atoms with Crippen molar-refractivity contribution in [3.05, 3.63) is 78.1 Å². The number of Topliss-reactive ketones (excluding diaryl/α,β-unsaturated/α-hetero) is 1. The van der Waals surface area contributed by atoms with Crippen molar-refractivity contribution in [2.45, 2.75) is 51.9 Å². The number of unbranched alkanes of at least 4 members (excludes halogenated alkanes) is 1. The Kier molecular flexibility index (Phi) is 10.2. The topological polar surface area (TPSA) is 92.5 Å². The standard InChI is InChI=1S/C33H38N2O4/c1-23(6-3-4-20-36)8-9-24-10-12-25(13-11-24)26-14-16-27(17-15-26)32-33(39-2)31(30(38)7-5-21-37)28-22-34-19-18-29(28)35-32/h10-19,22-23,36-37H,3-9,20-21H2,1-2H3. The number of methoxy groups -OCH3 is 1.